The monoisotopic (exact) mass is 426 g/mol. The van der Waals surface area contributed by atoms with E-state index in [1.54, 1.807) is 7.11 Å². The normalized spacial score (nSPS) is 12.1. The summed E-state index contributed by atoms with van der Waals surface area (Å²) < 4.78 is 16.1. The quantitative estimate of drug-likeness (QED) is 0.493. The number of methoxy groups -OCH3 is 1. The van der Waals surface area contributed by atoms with Gasteiger partial charge in [0.2, 0.25) is 6.79 Å². The number of nitrogens with zero attached hydrogens (tertiary/aromatic N) is 1. The molecular weight excluding hydrogens is 404 g/mol. The van der Waals surface area contributed by atoms with Crippen molar-refractivity contribution in [3.05, 3.63) is 83.4 Å². The fourth-order valence-electron chi connectivity index (χ4n) is 3.95. The Kier molecular flexibility index (Phi) is 5.11. The second kappa shape index (κ2) is 8.23. The summed E-state index contributed by atoms with van der Waals surface area (Å²) >= 11 is 0. The Balaban J connectivity index is 1.50. The third-order valence-corrected chi connectivity index (χ3v) is 5.62. The Bertz CT molecular complexity index is 1320. The van der Waals surface area contributed by atoms with Gasteiger partial charge in [0.15, 0.2) is 11.5 Å². The number of carbonyl (C=O) groups excluding carboxylic acids is 1. The number of amides is 1. The number of fused-ring (bicyclic) bond motifs is 2. The van der Waals surface area contributed by atoms with E-state index in [1.807, 2.05) is 73.7 Å². The highest BCUT2D eigenvalue weighted by Crippen LogP contribution is 2.33. The van der Waals surface area contributed by atoms with E-state index in [-0.39, 0.29) is 12.7 Å². The first-order valence-corrected chi connectivity index (χ1v) is 10.3. The van der Waals surface area contributed by atoms with Gasteiger partial charge in [0.1, 0.15) is 5.75 Å². The van der Waals surface area contributed by atoms with Crippen LogP contribution in [0.3, 0.4) is 0 Å². The Morgan fingerprint density at radius 2 is 1.81 bits per heavy atom. The number of carbonyl (C=O) groups is 1. The maximum absolute atomic E-state index is 13.4. The van der Waals surface area contributed by atoms with Gasteiger partial charge in [0.25, 0.3) is 5.91 Å². The van der Waals surface area contributed by atoms with Crippen molar-refractivity contribution in [2.75, 3.05) is 13.9 Å². The fraction of sp³-hybridized carbons (Fsp3) is 0.154. The summed E-state index contributed by atoms with van der Waals surface area (Å²) in [5.41, 5.74) is 4.88. The zero-order chi connectivity index (χ0) is 22.1. The Hall–Kier alpha value is -4.06. The zero-order valence-corrected chi connectivity index (χ0v) is 17.8. The zero-order valence-electron chi connectivity index (χ0n) is 17.8. The summed E-state index contributed by atoms with van der Waals surface area (Å²) in [4.78, 5) is 18.2. The topological polar surface area (TPSA) is 69.7 Å². The largest absolute Gasteiger partial charge is 0.497 e. The van der Waals surface area contributed by atoms with Crippen LogP contribution in [0, 0.1) is 6.92 Å². The molecule has 5 rings (SSSR count). The van der Waals surface area contributed by atoms with Crippen LogP contribution in [0.25, 0.3) is 22.2 Å². The number of para-hydroxylation sites is 1. The van der Waals surface area contributed by atoms with Gasteiger partial charge >= 0.3 is 0 Å². The lowest BCUT2D eigenvalue weighted by atomic mass is 9.97. The molecule has 160 valence electrons. The molecule has 0 saturated carbocycles. The van der Waals surface area contributed by atoms with Gasteiger partial charge in [-0.25, -0.2) is 4.98 Å². The van der Waals surface area contributed by atoms with Crippen molar-refractivity contribution < 1.29 is 19.0 Å². The third kappa shape index (κ3) is 3.60. The van der Waals surface area contributed by atoms with Crippen LogP contribution in [0.2, 0.25) is 0 Å². The van der Waals surface area contributed by atoms with Gasteiger partial charge in [0.05, 0.1) is 23.9 Å². The Labute approximate surface area is 185 Å². The molecule has 32 heavy (non-hydrogen) atoms. The summed E-state index contributed by atoms with van der Waals surface area (Å²) in [6.07, 6.45) is 0. The lowest BCUT2D eigenvalue weighted by Crippen LogP contribution is -2.24. The number of pyridine rings is 1. The smallest absolute Gasteiger partial charge is 0.252 e. The van der Waals surface area contributed by atoms with Gasteiger partial charge < -0.3 is 19.5 Å². The van der Waals surface area contributed by atoms with Crippen LogP contribution in [-0.4, -0.2) is 24.8 Å². The SMILES string of the molecule is COc1ccc(-c2nc3ccccc3c(C(=O)NCc3ccc4c(c3)OCO4)c2C)cc1. The first kappa shape index (κ1) is 19.9. The second-order valence-corrected chi connectivity index (χ2v) is 7.58. The van der Waals surface area contributed by atoms with Crippen molar-refractivity contribution in [2.45, 2.75) is 13.5 Å². The lowest BCUT2D eigenvalue weighted by Gasteiger charge is -2.15. The minimum atomic E-state index is -0.145. The van der Waals surface area contributed by atoms with E-state index in [1.165, 1.54) is 0 Å². The highest BCUT2D eigenvalue weighted by atomic mass is 16.7. The molecule has 6 nitrogen and oxygen atoms in total. The molecule has 1 aliphatic rings. The number of benzene rings is 3. The fourth-order valence-corrected chi connectivity index (χ4v) is 3.95. The average Bonchev–Trinajstić information content (AvgIpc) is 3.30. The van der Waals surface area contributed by atoms with E-state index in [0.29, 0.717) is 17.9 Å². The van der Waals surface area contributed by atoms with Crippen molar-refractivity contribution in [2.24, 2.45) is 0 Å². The van der Waals surface area contributed by atoms with Crippen molar-refractivity contribution >= 4 is 16.8 Å². The molecule has 0 bridgehead atoms. The van der Waals surface area contributed by atoms with E-state index in [4.69, 9.17) is 19.2 Å². The predicted octanol–water partition coefficient (Wildman–Crippen LogP) is 4.88. The van der Waals surface area contributed by atoms with Crippen LogP contribution in [0.15, 0.2) is 66.7 Å². The van der Waals surface area contributed by atoms with E-state index in [2.05, 4.69) is 5.32 Å². The van der Waals surface area contributed by atoms with Gasteiger partial charge in [-0.3, -0.25) is 4.79 Å². The van der Waals surface area contributed by atoms with E-state index in [9.17, 15) is 4.79 Å². The minimum absolute atomic E-state index is 0.145. The van der Waals surface area contributed by atoms with Crippen molar-refractivity contribution in [3.8, 4) is 28.5 Å². The second-order valence-electron chi connectivity index (χ2n) is 7.58. The number of hydrogen-bond donors (Lipinski definition) is 1. The molecule has 0 atom stereocenters. The molecule has 2 heterocycles. The number of nitrogens with one attached hydrogen (secondary N) is 1. The first-order valence-electron chi connectivity index (χ1n) is 10.3. The van der Waals surface area contributed by atoms with E-state index < -0.39 is 0 Å². The summed E-state index contributed by atoms with van der Waals surface area (Å²) in [7, 11) is 1.64. The van der Waals surface area contributed by atoms with Gasteiger partial charge in [-0.1, -0.05) is 24.3 Å². The van der Waals surface area contributed by atoms with Gasteiger partial charge in [-0.2, -0.15) is 0 Å². The molecule has 1 N–H and O–H groups in total. The number of ether oxygens (including phenoxy) is 3. The molecule has 3 aromatic carbocycles. The first-order chi connectivity index (χ1) is 15.6. The number of hydrogen-bond acceptors (Lipinski definition) is 5. The minimum Gasteiger partial charge on any atom is -0.497 e. The van der Waals surface area contributed by atoms with Crippen LogP contribution >= 0.6 is 0 Å². The molecule has 0 radical (unpaired) electrons. The molecular formula is C26H22N2O4. The van der Waals surface area contributed by atoms with Crippen LogP contribution in [0.5, 0.6) is 17.2 Å². The van der Waals surface area contributed by atoms with Crippen LogP contribution in [0.1, 0.15) is 21.5 Å². The highest BCUT2D eigenvalue weighted by Gasteiger charge is 2.19. The van der Waals surface area contributed by atoms with Crippen molar-refractivity contribution in [1.82, 2.24) is 10.3 Å². The Morgan fingerprint density at radius 1 is 1.03 bits per heavy atom. The molecule has 0 saturated heterocycles. The summed E-state index contributed by atoms with van der Waals surface area (Å²) in [5.74, 6) is 2.05. The third-order valence-electron chi connectivity index (χ3n) is 5.62. The maximum Gasteiger partial charge on any atom is 0.252 e. The van der Waals surface area contributed by atoms with Gasteiger partial charge in [-0.05, 0) is 60.5 Å². The maximum atomic E-state index is 13.4. The van der Waals surface area contributed by atoms with Crippen molar-refractivity contribution in [3.63, 3.8) is 0 Å². The standard InChI is InChI=1S/C26H22N2O4/c1-16-24(26(29)27-14-17-7-12-22-23(13-17)32-15-31-22)20-5-3-4-6-21(20)28-25(16)18-8-10-19(30-2)11-9-18/h3-13H,14-15H2,1-2H3,(H,27,29). The highest BCUT2D eigenvalue weighted by molar-refractivity contribution is 6.08. The van der Waals surface area contributed by atoms with Crippen LogP contribution < -0.4 is 19.5 Å². The van der Waals surface area contributed by atoms with E-state index in [0.717, 1.165) is 44.8 Å². The molecule has 0 fully saturated rings. The molecule has 1 aromatic heterocycles. The van der Waals surface area contributed by atoms with Crippen LogP contribution in [0.4, 0.5) is 0 Å². The summed E-state index contributed by atoms with van der Waals surface area (Å²) in [6, 6.07) is 21.1. The number of rotatable bonds is 5. The Morgan fingerprint density at radius 3 is 2.62 bits per heavy atom. The van der Waals surface area contributed by atoms with Gasteiger partial charge in [0, 0.05) is 17.5 Å². The molecule has 0 spiro atoms. The van der Waals surface area contributed by atoms with Gasteiger partial charge in [-0.15, -0.1) is 0 Å². The summed E-state index contributed by atoms with van der Waals surface area (Å²) in [5, 5.41) is 3.88. The van der Waals surface area contributed by atoms with Crippen LogP contribution in [-0.2, 0) is 6.54 Å². The molecule has 1 aliphatic heterocycles. The molecule has 0 aliphatic carbocycles. The average molecular weight is 426 g/mol. The molecule has 1 amide bonds. The van der Waals surface area contributed by atoms with Crippen molar-refractivity contribution in [1.29, 1.82) is 0 Å². The molecule has 0 unspecified atom stereocenters. The molecule has 4 aromatic rings. The lowest BCUT2D eigenvalue weighted by molar-refractivity contribution is 0.0952. The molecule has 6 heteroatoms. The summed E-state index contributed by atoms with van der Waals surface area (Å²) in [6.45, 7) is 2.54. The van der Waals surface area contributed by atoms with E-state index >= 15 is 0 Å². The predicted molar refractivity (Wildman–Crippen MR) is 122 cm³/mol. The number of aromatic nitrogens is 1.